The minimum Gasteiger partial charge on any atom is -0.392 e. The average Bonchev–Trinajstić information content (AvgIpc) is 3.77. The van der Waals surface area contributed by atoms with E-state index in [1.165, 1.54) is 12.8 Å². The number of rotatable bonds is 11. The number of amides is 2. The van der Waals surface area contributed by atoms with Gasteiger partial charge in [0.2, 0.25) is 5.91 Å². The number of alkyl halides is 3. The number of aliphatic hydroxyl groups excluding tert-OH is 1. The summed E-state index contributed by atoms with van der Waals surface area (Å²) in [4.78, 5) is 27.6. The van der Waals surface area contributed by atoms with E-state index in [1.54, 1.807) is 0 Å². The molecule has 2 amide bonds. The topological polar surface area (TPSA) is 91.3 Å². The van der Waals surface area contributed by atoms with Crippen molar-refractivity contribution in [3.05, 3.63) is 83.4 Å². The van der Waals surface area contributed by atoms with Crippen LogP contribution in [0.2, 0.25) is 0 Å². The highest BCUT2D eigenvalue weighted by atomic mass is 19.4. The van der Waals surface area contributed by atoms with Gasteiger partial charge < -0.3 is 24.8 Å². The van der Waals surface area contributed by atoms with Crippen LogP contribution in [-0.2, 0) is 32.2 Å². The number of aliphatic hydroxyl groups is 1. The van der Waals surface area contributed by atoms with Gasteiger partial charge in [0, 0.05) is 43.7 Å². The van der Waals surface area contributed by atoms with Crippen molar-refractivity contribution in [3.8, 4) is 0 Å². The van der Waals surface area contributed by atoms with Gasteiger partial charge in [0.1, 0.15) is 6.04 Å². The summed E-state index contributed by atoms with van der Waals surface area (Å²) in [6, 6.07) is 14.6. The lowest BCUT2D eigenvalue weighted by atomic mass is 9.89. The Kier molecular flexibility index (Phi) is 11.2. The molecular formula is C35H44F3N3O5. The summed E-state index contributed by atoms with van der Waals surface area (Å²) < 4.78 is 52.2. The van der Waals surface area contributed by atoms with Gasteiger partial charge in [-0.1, -0.05) is 74.4 Å². The Bertz CT molecular complexity index is 1330. The first-order valence-corrected chi connectivity index (χ1v) is 16.2. The fourth-order valence-corrected chi connectivity index (χ4v) is 6.91. The minimum atomic E-state index is -5.01. The standard InChI is InChI=1S/C35H44F3N3O5/c1-3-18-40(28-7-4-5-8-28)21-30-23(2)31(26-14-12-25(22-42)13-15-26)46-33(45-30)27-16-10-24(11-17-27)20-39-32(43)29-9-6-19-41(29)34(44)35(36,37)38/h3,10-17,23,28-31,33,42H,1,4-9,18-22H2,2H3,(H,39,43). The maximum Gasteiger partial charge on any atom is 0.471 e. The van der Waals surface area contributed by atoms with Crippen molar-refractivity contribution in [3.63, 3.8) is 0 Å². The SMILES string of the molecule is C=CCN(CC1OC(c2ccc(CNC(=O)C3CCCN3C(=O)C(F)(F)F)cc2)OC(c2ccc(CO)cc2)C1C)C1CCCC1. The van der Waals surface area contributed by atoms with Crippen molar-refractivity contribution in [2.24, 2.45) is 5.92 Å². The van der Waals surface area contributed by atoms with Crippen molar-refractivity contribution >= 4 is 11.8 Å². The highest BCUT2D eigenvalue weighted by Crippen LogP contribution is 2.42. The molecule has 11 heteroatoms. The summed E-state index contributed by atoms with van der Waals surface area (Å²) in [6.45, 7) is 7.62. The quantitative estimate of drug-likeness (QED) is 0.311. The molecule has 0 aromatic heterocycles. The van der Waals surface area contributed by atoms with E-state index in [0.717, 1.165) is 48.2 Å². The molecular weight excluding hydrogens is 599 g/mol. The minimum absolute atomic E-state index is 0.0367. The van der Waals surface area contributed by atoms with E-state index in [1.807, 2.05) is 54.6 Å². The van der Waals surface area contributed by atoms with Gasteiger partial charge in [0.15, 0.2) is 6.29 Å². The van der Waals surface area contributed by atoms with Crippen LogP contribution < -0.4 is 5.32 Å². The van der Waals surface area contributed by atoms with E-state index in [0.29, 0.717) is 17.4 Å². The largest absolute Gasteiger partial charge is 0.471 e. The number of ether oxygens (including phenoxy) is 2. The normalized spacial score (nSPS) is 25.6. The molecule has 2 aromatic rings. The van der Waals surface area contributed by atoms with Crippen LogP contribution in [0.25, 0.3) is 0 Å². The van der Waals surface area contributed by atoms with Crippen molar-refractivity contribution in [2.45, 2.75) is 95.4 Å². The molecule has 0 spiro atoms. The van der Waals surface area contributed by atoms with E-state index in [-0.39, 0.29) is 44.2 Å². The fourth-order valence-electron chi connectivity index (χ4n) is 6.91. The number of hydrogen-bond acceptors (Lipinski definition) is 6. The van der Waals surface area contributed by atoms with Gasteiger partial charge in [-0.3, -0.25) is 14.5 Å². The Hall–Kier alpha value is -3.25. The Labute approximate surface area is 268 Å². The van der Waals surface area contributed by atoms with Gasteiger partial charge >= 0.3 is 12.1 Å². The second-order valence-corrected chi connectivity index (χ2v) is 12.6. The highest BCUT2D eigenvalue weighted by molar-refractivity contribution is 5.90. The number of nitrogens with one attached hydrogen (secondary N) is 1. The summed E-state index contributed by atoms with van der Waals surface area (Å²) >= 11 is 0. The Balaban J connectivity index is 1.28. The van der Waals surface area contributed by atoms with Crippen molar-refractivity contribution in [2.75, 3.05) is 19.6 Å². The molecule has 3 fully saturated rings. The summed E-state index contributed by atoms with van der Waals surface area (Å²) in [6.07, 6.45) is 1.21. The van der Waals surface area contributed by atoms with Crippen LogP contribution >= 0.6 is 0 Å². The first-order valence-electron chi connectivity index (χ1n) is 16.2. The number of likely N-dealkylation sites (tertiary alicyclic amines) is 1. The smallest absolute Gasteiger partial charge is 0.392 e. The van der Waals surface area contributed by atoms with Crippen LogP contribution in [0.5, 0.6) is 0 Å². The monoisotopic (exact) mass is 643 g/mol. The van der Waals surface area contributed by atoms with Crippen molar-refractivity contribution in [1.82, 2.24) is 15.1 Å². The zero-order valence-electron chi connectivity index (χ0n) is 26.3. The first kappa shape index (κ1) is 34.1. The van der Waals surface area contributed by atoms with E-state index in [2.05, 4.69) is 23.7 Å². The number of benzene rings is 2. The molecule has 8 nitrogen and oxygen atoms in total. The number of halogens is 3. The molecule has 2 heterocycles. The van der Waals surface area contributed by atoms with E-state index in [9.17, 15) is 27.9 Å². The number of hydrogen-bond donors (Lipinski definition) is 2. The Morgan fingerprint density at radius 1 is 1.00 bits per heavy atom. The lowest BCUT2D eigenvalue weighted by molar-refractivity contribution is -0.276. The highest BCUT2D eigenvalue weighted by Gasteiger charge is 2.47. The fraction of sp³-hybridized carbons (Fsp3) is 0.543. The van der Waals surface area contributed by atoms with Crippen molar-refractivity contribution in [1.29, 1.82) is 0 Å². The molecule has 250 valence electrons. The van der Waals surface area contributed by atoms with Gasteiger partial charge in [-0.15, -0.1) is 6.58 Å². The van der Waals surface area contributed by atoms with Crippen molar-refractivity contribution < 1.29 is 37.3 Å². The molecule has 0 bridgehead atoms. The summed E-state index contributed by atoms with van der Waals surface area (Å²) in [5.41, 5.74) is 3.38. The van der Waals surface area contributed by atoms with E-state index >= 15 is 0 Å². The van der Waals surface area contributed by atoms with Gasteiger partial charge in [-0.05, 0) is 42.4 Å². The molecule has 2 aliphatic heterocycles. The van der Waals surface area contributed by atoms with Gasteiger partial charge in [-0.25, -0.2) is 0 Å². The second-order valence-electron chi connectivity index (χ2n) is 12.6. The molecule has 2 saturated heterocycles. The molecule has 1 aliphatic carbocycles. The van der Waals surface area contributed by atoms with Gasteiger partial charge in [0.25, 0.3) is 0 Å². The lowest BCUT2D eigenvalue weighted by Crippen LogP contribution is -2.50. The van der Waals surface area contributed by atoms with Crippen LogP contribution in [0.3, 0.4) is 0 Å². The van der Waals surface area contributed by atoms with Crippen LogP contribution in [0.1, 0.15) is 80.1 Å². The predicted molar refractivity (Wildman–Crippen MR) is 166 cm³/mol. The zero-order chi connectivity index (χ0) is 32.8. The third-order valence-electron chi connectivity index (χ3n) is 9.52. The first-order chi connectivity index (χ1) is 22.1. The molecule has 3 aliphatic rings. The third-order valence-corrected chi connectivity index (χ3v) is 9.52. The van der Waals surface area contributed by atoms with Gasteiger partial charge in [-0.2, -0.15) is 13.2 Å². The zero-order valence-corrected chi connectivity index (χ0v) is 26.3. The van der Waals surface area contributed by atoms with Gasteiger partial charge in [0.05, 0.1) is 18.8 Å². The van der Waals surface area contributed by atoms with Crippen LogP contribution in [0, 0.1) is 5.92 Å². The Morgan fingerprint density at radius 3 is 2.28 bits per heavy atom. The molecule has 5 rings (SSSR count). The number of carbonyl (C=O) groups excluding carboxylic acids is 2. The number of nitrogens with zero attached hydrogens (tertiary/aromatic N) is 2. The summed E-state index contributed by atoms with van der Waals surface area (Å²) in [7, 11) is 0. The maximum atomic E-state index is 13.0. The summed E-state index contributed by atoms with van der Waals surface area (Å²) in [5, 5.41) is 12.2. The van der Waals surface area contributed by atoms with Crippen LogP contribution in [0.15, 0.2) is 61.2 Å². The van der Waals surface area contributed by atoms with Crippen LogP contribution in [0.4, 0.5) is 13.2 Å². The number of carbonyl (C=O) groups is 2. The second kappa shape index (κ2) is 15.1. The molecule has 2 aromatic carbocycles. The Morgan fingerprint density at radius 2 is 1.65 bits per heavy atom. The maximum absolute atomic E-state index is 13.0. The van der Waals surface area contributed by atoms with E-state index < -0.39 is 30.3 Å². The molecule has 0 radical (unpaired) electrons. The lowest BCUT2D eigenvalue weighted by Gasteiger charge is -2.43. The average molecular weight is 644 g/mol. The molecule has 46 heavy (non-hydrogen) atoms. The summed E-state index contributed by atoms with van der Waals surface area (Å²) in [5.74, 6) is -2.54. The van der Waals surface area contributed by atoms with E-state index in [4.69, 9.17) is 9.47 Å². The molecule has 5 atom stereocenters. The molecule has 1 saturated carbocycles. The molecule has 2 N–H and O–H groups in total. The third kappa shape index (κ3) is 7.99. The molecule has 5 unspecified atom stereocenters. The predicted octanol–water partition coefficient (Wildman–Crippen LogP) is 5.57. The van der Waals surface area contributed by atoms with Crippen LogP contribution in [-0.4, -0.2) is 70.7 Å².